The fourth-order valence-corrected chi connectivity index (χ4v) is 5.73. The van der Waals surface area contributed by atoms with Gasteiger partial charge in [0.25, 0.3) is 10.0 Å². The van der Waals surface area contributed by atoms with Gasteiger partial charge in [-0.1, -0.05) is 30.3 Å². The Morgan fingerprint density at radius 2 is 2.03 bits per heavy atom. The van der Waals surface area contributed by atoms with Gasteiger partial charge in [-0.3, -0.25) is 8.51 Å². The molecule has 0 radical (unpaired) electrons. The minimum Gasteiger partial charge on any atom is -0.760 e. The van der Waals surface area contributed by atoms with Crippen LogP contribution in [0.3, 0.4) is 0 Å². The normalized spacial score (nSPS) is 18.1. The summed E-state index contributed by atoms with van der Waals surface area (Å²) in [6, 6.07) is 15.2. The summed E-state index contributed by atoms with van der Waals surface area (Å²) >= 11 is -2.60. The number of hydrogen-bond acceptors (Lipinski definition) is 6. The van der Waals surface area contributed by atoms with E-state index in [9.17, 15) is 22.4 Å². The number of H-pyrrole nitrogens is 1. The van der Waals surface area contributed by atoms with E-state index in [0.717, 1.165) is 5.56 Å². The fourth-order valence-electron chi connectivity index (χ4n) is 3.66. The van der Waals surface area contributed by atoms with Crippen LogP contribution in [0.1, 0.15) is 16.7 Å². The molecule has 1 aliphatic heterocycles. The van der Waals surface area contributed by atoms with Crippen molar-refractivity contribution < 1.29 is 17.2 Å². The molecule has 9 nitrogen and oxygen atoms in total. The lowest BCUT2D eigenvalue weighted by atomic mass is 10.1. The Morgan fingerprint density at radius 1 is 1.26 bits per heavy atom. The highest BCUT2D eigenvalue weighted by molar-refractivity contribution is 7.92. The van der Waals surface area contributed by atoms with Crippen molar-refractivity contribution in [1.29, 1.82) is 5.26 Å². The van der Waals surface area contributed by atoms with Crippen LogP contribution in [0.15, 0.2) is 66.1 Å². The van der Waals surface area contributed by atoms with Gasteiger partial charge in [-0.15, -0.1) is 0 Å². The predicted octanol–water partition coefficient (Wildman–Crippen LogP) is 1.70. The summed E-state index contributed by atoms with van der Waals surface area (Å²) in [6.07, 6.45) is 2.80. The second kappa shape index (κ2) is 8.60. The van der Waals surface area contributed by atoms with E-state index >= 15 is 0 Å². The van der Waals surface area contributed by atoms with Gasteiger partial charge >= 0.3 is 0 Å². The summed E-state index contributed by atoms with van der Waals surface area (Å²) < 4.78 is 53.5. The molecule has 31 heavy (non-hydrogen) atoms. The molecule has 3 aromatic rings. The lowest BCUT2D eigenvalue weighted by molar-refractivity contribution is 0.310. The van der Waals surface area contributed by atoms with Gasteiger partial charge < -0.3 is 9.54 Å². The molecular weight excluding hydrogens is 438 g/mol. The molecule has 0 saturated heterocycles. The minimum absolute atomic E-state index is 0.0482. The third kappa shape index (κ3) is 4.24. The Kier molecular flexibility index (Phi) is 5.88. The molecule has 2 aromatic carbocycles. The number of nitrogens with zero attached hydrogens (tertiary/aromatic N) is 4. The lowest BCUT2D eigenvalue weighted by Crippen LogP contribution is -2.45. The Labute approximate surface area is 182 Å². The first-order valence-electron chi connectivity index (χ1n) is 9.34. The first-order valence-corrected chi connectivity index (χ1v) is 11.8. The van der Waals surface area contributed by atoms with Crippen molar-refractivity contribution in [3.05, 3.63) is 77.7 Å². The first kappa shape index (κ1) is 21.2. The average molecular weight is 457 g/mol. The van der Waals surface area contributed by atoms with Crippen LogP contribution in [-0.4, -0.2) is 44.0 Å². The topological polar surface area (TPSA) is 133 Å². The predicted molar refractivity (Wildman–Crippen MR) is 113 cm³/mol. The van der Waals surface area contributed by atoms with Crippen LogP contribution in [0, 0.1) is 11.3 Å². The monoisotopic (exact) mass is 456 g/mol. The molecule has 0 amide bonds. The van der Waals surface area contributed by atoms with Gasteiger partial charge in [0.2, 0.25) is 0 Å². The average Bonchev–Trinajstić information content (AvgIpc) is 3.26. The number of aromatic amines is 1. The van der Waals surface area contributed by atoms with E-state index in [-0.39, 0.29) is 18.1 Å². The van der Waals surface area contributed by atoms with Crippen molar-refractivity contribution in [2.24, 2.45) is 0 Å². The molecule has 11 heteroatoms. The second-order valence-electron chi connectivity index (χ2n) is 7.04. The van der Waals surface area contributed by atoms with E-state index in [1.807, 2.05) is 36.4 Å². The van der Waals surface area contributed by atoms with E-state index in [1.165, 1.54) is 33.3 Å². The van der Waals surface area contributed by atoms with Gasteiger partial charge in [-0.25, -0.2) is 9.29 Å². The zero-order valence-corrected chi connectivity index (χ0v) is 17.8. The van der Waals surface area contributed by atoms with E-state index in [1.54, 1.807) is 6.07 Å². The number of anilines is 1. The summed E-state index contributed by atoms with van der Waals surface area (Å²) in [7, 11) is -4.04. The third-order valence-electron chi connectivity index (χ3n) is 5.13. The highest BCUT2D eigenvalue weighted by Gasteiger charge is 2.36. The summed E-state index contributed by atoms with van der Waals surface area (Å²) in [5, 5.41) is 9.18. The summed E-state index contributed by atoms with van der Waals surface area (Å²) in [5.74, 6) is 0. The summed E-state index contributed by atoms with van der Waals surface area (Å²) in [6.45, 7) is -0.142. The number of nitriles is 1. The molecule has 0 aliphatic carbocycles. The van der Waals surface area contributed by atoms with E-state index in [4.69, 9.17) is 0 Å². The Hall–Kier alpha value is -3.04. The molecule has 1 aliphatic rings. The Morgan fingerprint density at radius 3 is 2.68 bits per heavy atom. The molecule has 160 valence electrons. The number of aromatic nitrogens is 2. The van der Waals surface area contributed by atoms with Crippen LogP contribution < -0.4 is 4.31 Å². The number of hydrogen-bond donors (Lipinski definition) is 1. The molecule has 4 rings (SSSR count). The smallest absolute Gasteiger partial charge is 0.281 e. The van der Waals surface area contributed by atoms with E-state index in [2.05, 4.69) is 9.97 Å². The van der Waals surface area contributed by atoms with E-state index in [0.29, 0.717) is 23.2 Å². The number of fused-ring (bicyclic) bond motifs is 1. The summed E-state index contributed by atoms with van der Waals surface area (Å²) in [4.78, 5) is 6.43. The fraction of sp³-hybridized carbons (Fsp3) is 0.200. The van der Waals surface area contributed by atoms with Crippen LogP contribution in [0.25, 0.3) is 0 Å². The first-order chi connectivity index (χ1) is 14.9. The maximum atomic E-state index is 13.4. The molecule has 1 aromatic heterocycles. The van der Waals surface area contributed by atoms with Crippen LogP contribution in [0.4, 0.5) is 5.69 Å². The molecule has 1 unspecified atom stereocenters. The van der Waals surface area contributed by atoms with Gasteiger partial charge in [0.1, 0.15) is 0 Å². The van der Waals surface area contributed by atoms with Crippen molar-refractivity contribution >= 4 is 27.0 Å². The largest absolute Gasteiger partial charge is 0.760 e. The molecule has 0 saturated carbocycles. The van der Waals surface area contributed by atoms with Crippen LogP contribution in [-0.2, 0) is 34.3 Å². The van der Waals surface area contributed by atoms with E-state index < -0.39 is 27.3 Å². The minimum atomic E-state index is -4.04. The van der Waals surface area contributed by atoms with Crippen molar-refractivity contribution in [3.63, 3.8) is 0 Å². The number of imidazole rings is 1. The molecule has 2 atom stereocenters. The highest BCUT2D eigenvalue weighted by atomic mass is 32.2. The number of nitrogens with one attached hydrogen (secondary N) is 1. The van der Waals surface area contributed by atoms with Gasteiger partial charge in [0, 0.05) is 23.9 Å². The molecule has 1 N–H and O–H groups in total. The van der Waals surface area contributed by atoms with Crippen molar-refractivity contribution in [2.75, 3.05) is 10.8 Å². The highest BCUT2D eigenvalue weighted by Crippen LogP contribution is 2.33. The van der Waals surface area contributed by atoms with Gasteiger partial charge in [0.05, 0.1) is 36.4 Å². The lowest BCUT2D eigenvalue weighted by Gasteiger charge is -2.33. The third-order valence-corrected chi connectivity index (χ3v) is 7.65. The number of rotatable bonds is 5. The zero-order valence-electron chi connectivity index (χ0n) is 16.2. The molecule has 0 spiro atoms. The van der Waals surface area contributed by atoms with Crippen molar-refractivity contribution in [2.45, 2.75) is 24.0 Å². The quantitative estimate of drug-likeness (QED) is 0.581. The SMILES string of the molecule is N#Cc1ccc2c(c1)CN(S(=O)[O-])[C@H](Cc1ccccc1)CN2S(=O)(=O)c1cnc[nH]1. The van der Waals surface area contributed by atoms with Gasteiger partial charge in [-0.05, 0) is 35.7 Å². The zero-order chi connectivity index (χ0) is 22.0. The van der Waals surface area contributed by atoms with Gasteiger partial charge in [-0.2, -0.15) is 13.7 Å². The maximum absolute atomic E-state index is 13.4. The molecule has 0 bridgehead atoms. The summed E-state index contributed by atoms with van der Waals surface area (Å²) in [5.41, 5.74) is 1.96. The van der Waals surface area contributed by atoms with Crippen LogP contribution in [0.2, 0.25) is 0 Å². The van der Waals surface area contributed by atoms with Crippen molar-refractivity contribution in [3.8, 4) is 6.07 Å². The van der Waals surface area contributed by atoms with Gasteiger partial charge in [0.15, 0.2) is 5.03 Å². The molecule has 0 fully saturated rings. The Bertz CT molecular complexity index is 1240. The van der Waals surface area contributed by atoms with Crippen LogP contribution in [0.5, 0.6) is 0 Å². The van der Waals surface area contributed by atoms with Crippen molar-refractivity contribution in [1.82, 2.24) is 14.3 Å². The molecular formula is C20H18N5O4S2-. The second-order valence-corrected chi connectivity index (χ2v) is 9.78. The standard InChI is InChI=1S/C20H19N5O4S2/c21-10-16-6-7-19-17(8-16)12-24(30(26)27)18(9-15-4-2-1-3-5-15)13-25(19)31(28,29)20-11-22-14-23-20/h1-8,11,14,18H,9,12-13H2,(H,22,23)(H,26,27)/p-1/t18-/m1/s1. The number of benzene rings is 2. The maximum Gasteiger partial charge on any atom is 0.281 e. The molecule has 2 heterocycles. The number of sulfonamides is 1. The Balaban J connectivity index is 1.84. The van der Waals surface area contributed by atoms with Crippen LogP contribution >= 0.6 is 0 Å².